The van der Waals surface area contributed by atoms with E-state index in [0.29, 0.717) is 33.2 Å². The third-order valence-corrected chi connectivity index (χ3v) is 7.32. The first-order valence-electron chi connectivity index (χ1n) is 10.4. The molecule has 1 atom stereocenters. The van der Waals surface area contributed by atoms with Crippen molar-refractivity contribution in [1.29, 1.82) is 0 Å². The van der Waals surface area contributed by atoms with Crippen molar-refractivity contribution in [3.63, 3.8) is 0 Å². The second kappa shape index (κ2) is 9.25. The summed E-state index contributed by atoms with van der Waals surface area (Å²) < 4.78 is 0. The molecule has 1 amide bonds. The Morgan fingerprint density at radius 1 is 1.20 bits per heavy atom. The summed E-state index contributed by atoms with van der Waals surface area (Å²) in [5.74, 6) is -1.10. The van der Waals surface area contributed by atoms with Gasteiger partial charge in [-0.15, -0.1) is 11.3 Å². The highest BCUT2D eigenvalue weighted by Crippen LogP contribution is 2.40. The topological polar surface area (TPSA) is 70.5 Å². The molecule has 5 nitrogen and oxygen atoms in total. The molecule has 30 heavy (non-hydrogen) atoms. The number of carbonyl (C=O) groups excluding carboxylic acids is 1. The minimum atomic E-state index is -0.923. The number of benzene rings is 1. The highest BCUT2D eigenvalue weighted by Gasteiger charge is 2.40. The first-order valence-corrected chi connectivity index (χ1v) is 12.0. The lowest BCUT2D eigenvalue weighted by atomic mass is 9.90. The third kappa shape index (κ3) is 4.98. The van der Waals surface area contributed by atoms with Gasteiger partial charge in [-0.1, -0.05) is 48.9 Å². The Balaban J connectivity index is 1.59. The summed E-state index contributed by atoms with van der Waals surface area (Å²) in [5, 5.41) is 13.0. The maximum Gasteiger partial charge on any atom is 0.304 e. The van der Waals surface area contributed by atoms with E-state index in [-0.39, 0.29) is 18.4 Å². The molecule has 0 bridgehead atoms. The highest BCUT2D eigenvalue weighted by atomic mass is 35.5. The van der Waals surface area contributed by atoms with Crippen LogP contribution in [-0.4, -0.2) is 28.0 Å². The number of amides is 1. The van der Waals surface area contributed by atoms with E-state index < -0.39 is 11.9 Å². The number of aromatic nitrogens is 1. The molecule has 1 aromatic carbocycles. The molecular weight excluding hydrogens is 443 g/mol. The number of nitrogens with zero attached hydrogens (tertiary/aromatic N) is 2. The molecule has 1 aromatic heterocycles. The molecule has 0 unspecified atom stereocenters. The van der Waals surface area contributed by atoms with Gasteiger partial charge in [-0.2, -0.15) is 0 Å². The molecule has 160 valence electrons. The van der Waals surface area contributed by atoms with Gasteiger partial charge < -0.3 is 5.11 Å². The quantitative estimate of drug-likeness (QED) is 0.496. The Labute approximate surface area is 190 Å². The van der Waals surface area contributed by atoms with Crippen LogP contribution in [0, 0.1) is 11.8 Å². The van der Waals surface area contributed by atoms with E-state index in [9.17, 15) is 14.7 Å². The van der Waals surface area contributed by atoms with Crippen molar-refractivity contribution in [3.05, 3.63) is 33.6 Å². The van der Waals surface area contributed by atoms with Crippen molar-refractivity contribution in [3.8, 4) is 11.3 Å². The summed E-state index contributed by atoms with van der Waals surface area (Å²) >= 11 is 13.8. The summed E-state index contributed by atoms with van der Waals surface area (Å²) in [4.78, 5) is 31.4. The SMILES string of the molecule is O=C(O)C[C@@H](CC1CCCC1)C(=O)N(c1nc(-c2cc(Cl)ccc2Cl)cs1)C1CC1. The van der Waals surface area contributed by atoms with E-state index in [0.717, 1.165) is 31.2 Å². The lowest BCUT2D eigenvalue weighted by molar-refractivity contribution is -0.141. The fourth-order valence-corrected chi connectivity index (χ4v) is 5.57. The Hall–Kier alpha value is -1.63. The molecule has 2 fully saturated rings. The van der Waals surface area contributed by atoms with Crippen LogP contribution in [0.1, 0.15) is 51.4 Å². The summed E-state index contributed by atoms with van der Waals surface area (Å²) in [6.45, 7) is 0. The Bertz CT molecular complexity index is 938. The number of carboxylic acids is 1. The van der Waals surface area contributed by atoms with Crippen LogP contribution in [0.2, 0.25) is 10.0 Å². The predicted molar refractivity (Wildman–Crippen MR) is 120 cm³/mol. The molecule has 1 N–H and O–H groups in total. The maximum absolute atomic E-state index is 13.5. The number of anilines is 1. The van der Waals surface area contributed by atoms with Crippen molar-refractivity contribution >= 4 is 51.5 Å². The maximum atomic E-state index is 13.5. The van der Waals surface area contributed by atoms with Crippen LogP contribution >= 0.6 is 34.5 Å². The zero-order valence-corrected chi connectivity index (χ0v) is 18.8. The number of rotatable bonds is 8. The zero-order chi connectivity index (χ0) is 21.3. The number of thiazole rings is 1. The monoisotopic (exact) mass is 466 g/mol. The van der Waals surface area contributed by atoms with E-state index in [1.807, 2.05) is 5.38 Å². The third-order valence-electron chi connectivity index (χ3n) is 5.91. The first kappa shape index (κ1) is 21.6. The average Bonchev–Trinajstić information content (AvgIpc) is 3.18. The lowest BCUT2D eigenvalue weighted by Gasteiger charge is -2.26. The molecule has 0 radical (unpaired) electrons. The van der Waals surface area contributed by atoms with Gasteiger partial charge in [0.15, 0.2) is 5.13 Å². The number of aliphatic carboxylic acids is 1. The van der Waals surface area contributed by atoms with Crippen molar-refractivity contribution in [2.24, 2.45) is 11.8 Å². The van der Waals surface area contributed by atoms with Gasteiger partial charge in [-0.3, -0.25) is 14.5 Å². The van der Waals surface area contributed by atoms with Gasteiger partial charge in [-0.25, -0.2) is 4.98 Å². The second-order valence-corrected chi connectivity index (χ2v) is 9.94. The molecule has 1 heterocycles. The van der Waals surface area contributed by atoms with Gasteiger partial charge in [0, 0.05) is 27.9 Å². The van der Waals surface area contributed by atoms with Crippen LogP contribution in [0.3, 0.4) is 0 Å². The standard InChI is InChI=1S/C22H24Cl2N2O3S/c23-15-5-8-18(24)17(11-15)19-12-30-22(25-19)26(16-6-7-16)21(29)14(10-20(27)28)9-13-3-1-2-4-13/h5,8,11-14,16H,1-4,6-7,9-10H2,(H,27,28)/t14-/m1/s1. The molecule has 4 rings (SSSR count). The second-order valence-electron chi connectivity index (χ2n) is 8.26. The van der Waals surface area contributed by atoms with E-state index in [4.69, 9.17) is 28.2 Å². The van der Waals surface area contributed by atoms with Crippen LogP contribution in [0.15, 0.2) is 23.6 Å². The summed E-state index contributed by atoms with van der Waals surface area (Å²) in [7, 11) is 0. The lowest BCUT2D eigenvalue weighted by Crippen LogP contribution is -2.39. The molecular formula is C22H24Cl2N2O3S. The fourth-order valence-electron chi connectivity index (χ4n) is 4.28. The fraction of sp³-hybridized carbons (Fsp3) is 0.500. The average molecular weight is 467 g/mol. The number of hydrogen-bond donors (Lipinski definition) is 1. The van der Waals surface area contributed by atoms with Gasteiger partial charge in [0.1, 0.15) is 0 Å². The molecule has 2 aliphatic rings. The van der Waals surface area contributed by atoms with Crippen molar-refractivity contribution in [1.82, 2.24) is 4.98 Å². The van der Waals surface area contributed by atoms with Gasteiger partial charge in [0.2, 0.25) is 5.91 Å². The van der Waals surface area contributed by atoms with Gasteiger partial charge in [0.25, 0.3) is 0 Å². The molecule has 0 saturated heterocycles. The van der Waals surface area contributed by atoms with Crippen LogP contribution in [0.5, 0.6) is 0 Å². The molecule has 0 spiro atoms. The highest BCUT2D eigenvalue weighted by molar-refractivity contribution is 7.14. The first-order chi connectivity index (χ1) is 14.4. The molecule has 0 aliphatic heterocycles. The van der Waals surface area contributed by atoms with Gasteiger partial charge in [0.05, 0.1) is 17.1 Å². The van der Waals surface area contributed by atoms with Gasteiger partial charge in [-0.05, 0) is 43.4 Å². The van der Waals surface area contributed by atoms with Crippen molar-refractivity contribution in [2.45, 2.75) is 57.4 Å². The van der Waals surface area contributed by atoms with Crippen LogP contribution in [0.25, 0.3) is 11.3 Å². The number of halogens is 2. The predicted octanol–water partition coefficient (Wildman–Crippen LogP) is 6.28. The Morgan fingerprint density at radius 2 is 1.93 bits per heavy atom. The Morgan fingerprint density at radius 3 is 2.60 bits per heavy atom. The van der Waals surface area contributed by atoms with Crippen molar-refractivity contribution < 1.29 is 14.7 Å². The van der Waals surface area contributed by atoms with E-state index in [1.165, 1.54) is 24.2 Å². The molecule has 2 aliphatic carbocycles. The number of hydrogen-bond acceptors (Lipinski definition) is 4. The van der Waals surface area contributed by atoms with E-state index in [1.54, 1.807) is 23.1 Å². The Kier molecular flexibility index (Phi) is 6.66. The number of carbonyl (C=O) groups is 2. The molecule has 2 aromatic rings. The number of carboxylic acid groups (broad SMARTS) is 1. The summed E-state index contributed by atoms with van der Waals surface area (Å²) in [5.41, 5.74) is 1.40. The van der Waals surface area contributed by atoms with Crippen LogP contribution < -0.4 is 4.90 Å². The zero-order valence-electron chi connectivity index (χ0n) is 16.5. The molecule has 8 heteroatoms. The van der Waals surface area contributed by atoms with Crippen LogP contribution in [-0.2, 0) is 9.59 Å². The van der Waals surface area contributed by atoms with Crippen molar-refractivity contribution in [2.75, 3.05) is 4.90 Å². The van der Waals surface area contributed by atoms with Gasteiger partial charge >= 0.3 is 5.97 Å². The summed E-state index contributed by atoms with van der Waals surface area (Å²) in [6.07, 6.45) is 6.86. The minimum absolute atomic E-state index is 0.103. The van der Waals surface area contributed by atoms with Crippen LogP contribution in [0.4, 0.5) is 5.13 Å². The van der Waals surface area contributed by atoms with E-state index >= 15 is 0 Å². The van der Waals surface area contributed by atoms with E-state index in [2.05, 4.69) is 0 Å². The largest absolute Gasteiger partial charge is 0.481 e. The summed E-state index contributed by atoms with van der Waals surface area (Å²) in [6, 6.07) is 5.32. The normalized spacial score (nSPS) is 17.8. The smallest absolute Gasteiger partial charge is 0.304 e. The molecule has 2 saturated carbocycles. The minimum Gasteiger partial charge on any atom is -0.481 e.